The van der Waals surface area contributed by atoms with E-state index in [2.05, 4.69) is 26.2 Å². The first kappa shape index (κ1) is 9.15. The largest absolute Gasteiger partial charge is 0.347 e. The number of amides is 1. The van der Waals surface area contributed by atoms with Crippen LogP contribution in [0.25, 0.3) is 0 Å². The van der Waals surface area contributed by atoms with Gasteiger partial charge in [0.15, 0.2) is 5.01 Å². The van der Waals surface area contributed by atoms with Crippen molar-refractivity contribution < 1.29 is 4.79 Å². The predicted octanol–water partition coefficient (Wildman–Crippen LogP) is 2.19. The summed E-state index contributed by atoms with van der Waals surface area (Å²) in [5.41, 5.74) is 0. The van der Waals surface area contributed by atoms with Crippen molar-refractivity contribution in [2.75, 3.05) is 0 Å². The molecular formula is C8H9BrN2OS. The van der Waals surface area contributed by atoms with Gasteiger partial charge < -0.3 is 5.32 Å². The molecule has 0 aliphatic heterocycles. The molecule has 0 unspecified atom stereocenters. The third kappa shape index (κ3) is 2.08. The van der Waals surface area contributed by atoms with E-state index < -0.39 is 0 Å². The molecule has 1 heterocycles. The van der Waals surface area contributed by atoms with Gasteiger partial charge in [-0.2, -0.15) is 0 Å². The minimum atomic E-state index is -0.0413. The SMILES string of the molecule is O=C(NC1CCC1)c1ncc(Br)s1. The molecule has 1 aliphatic carbocycles. The van der Waals surface area contributed by atoms with Crippen molar-refractivity contribution in [2.24, 2.45) is 0 Å². The summed E-state index contributed by atoms with van der Waals surface area (Å²) in [7, 11) is 0. The maximum absolute atomic E-state index is 11.5. The Labute approximate surface area is 88.7 Å². The van der Waals surface area contributed by atoms with Crippen molar-refractivity contribution >= 4 is 33.2 Å². The maximum atomic E-state index is 11.5. The average molecular weight is 261 g/mol. The van der Waals surface area contributed by atoms with Crippen LogP contribution in [0.3, 0.4) is 0 Å². The Morgan fingerprint density at radius 1 is 1.69 bits per heavy atom. The van der Waals surface area contributed by atoms with Crippen molar-refractivity contribution in [2.45, 2.75) is 25.3 Å². The van der Waals surface area contributed by atoms with Crippen molar-refractivity contribution in [3.63, 3.8) is 0 Å². The summed E-state index contributed by atoms with van der Waals surface area (Å²) in [6.07, 6.45) is 5.10. The zero-order chi connectivity index (χ0) is 9.26. The molecule has 0 radical (unpaired) electrons. The number of halogens is 1. The zero-order valence-corrected chi connectivity index (χ0v) is 9.32. The van der Waals surface area contributed by atoms with E-state index in [1.165, 1.54) is 17.8 Å². The highest BCUT2D eigenvalue weighted by Gasteiger charge is 2.21. The fraction of sp³-hybridized carbons (Fsp3) is 0.500. The normalized spacial score (nSPS) is 16.7. The van der Waals surface area contributed by atoms with Gasteiger partial charge in [-0.3, -0.25) is 4.79 Å². The lowest BCUT2D eigenvalue weighted by Gasteiger charge is -2.25. The summed E-state index contributed by atoms with van der Waals surface area (Å²) in [6.45, 7) is 0. The molecule has 1 aromatic heterocycles. The number of carbonyl (C=O) groups excluding carboxylic acids is 1. The smallest absolute Gasteiger partial charge is 0.280 e. The number of nitrogens with zero attached hydrogens (tertiary/aromatic N) is 1. The van der Waals surface area contributed by atoms with Gasteiger partial charge in [0, 0.05) is 6.04 Å². The number of rotatable bonds is 2. The fourth-order valence-corrected chi connectivity index (χ4v) is 2.27. The molecule has 13 heavy (non-hydrogen) atoms. The number of carbonyl (C=O) groups is 1. The van der Waals surface area contributed by atoms with Crippen LogP contribution in [-0.2, 0) is 0 Å². The molecule has 1 aliphatic rings. The molecule has 0 aromatic carbocycles. The third-order valence-electron chi connectivity index (χ3n) is 2.11. The molecule has 0 bridgehead atoms. The first-order chi connectivity index (χ1) is 6.25. The molecule has 1 N–H and O–H groups in total. The summed E-state index contributed by atoms with van der Waals surface area (Å²) in [4.78, 5) is 15.5. The van der Waals surface area contributed by atoms with Gasteiger partial charge in [-0.15, -0.1) is 11.3 Å². The number of aromatic nitrogens is 1. The predicted molar refractivity (Wildman–Crippen MR) is 54.9 cm³/mol. The van der Waals surface area contributed by atoms with Crippen molar-refractivity contribution in [3.8, 4) is 0 Å². The van der Waals surface area contributed by atoms with Gasteiger partial charge in [-0.25, -0.2) is 4.98 Å². The van der Waals surface area contributed by atoms with E-state index in [0.717, 1.165) is 16.6 Å². The Balaban J connectivity index is 1.96. The average Bonchev–Trinajstić information content (AvgIpc) is 2.44. The highest BCUT2D eigenvalue weighted by atomic mass is 79.9. The second-order valence-electron chi connectivity index (χ2n) is 3.07. The van der Waals surface area contributed by atoms with Crippen LogP contribution in [0.4, 0.5) is 0 Å². The van der Waals surface area contributed by atoms with Gasteiger partial charge in [0.05, 0.1) is 9.98 Å². The molecular weight excluding hydrogens is 252 g/mol. The Bertz CT molecular complexity index is 322. The summed E-state index contributed by atoms with van der Waals surface area (Å²) in [6, 6.07) is 0.384. The van der Waals surface area contributed by atoms with Crippen LogP contribution >= 0.6 is 27.3 Å². The Hall–Kier alpha value is -0.420. The molecule has 70 valence electrons. The van der Waals surface area contributed by atoms with Crippen LogP contribution in [-0.4, -0.2) is 16.9 Å². The highest BCUT2D eigenvalue weighted by molar-refractivity contribution is 9.11. The standard InChI is InChI=1S/C8H9BrN2OS/c9-6-4-10-8(13-6)7(12)11-5-2-1-3-5/h4-5H,1-3H2,(H,11,12). The van der Waals surface area contributed by atoms with Crippen LogP contribution in [0.2, 0.25) is 0 Å². The Morgan fingerprint density at radius 2 is 2.46 bits per heavy atom. The molecule has 1 amide bonds. The van der Waals surface area contributed by atoms with Crippen LogP contribution in [0, 0.1) is 0 Å². The molecule has 1 aromatic rings. The van der Waals surface area contributed by atoms with Crippen LogP contribution in [0.15, 0.2) is 9.98 Å². The first-order valence-electron chi connectivity index (χ1n) is 4.18. The zero-order valence-electron chi connectivity index (χ0n) is 6.92. The Kier molecular flexibility index (Phi) is 2.64. The van der Waals surface area contributed by atoms with Crippen LogP contribution < -0.4 is 5.32 Å². The maximum Gasteiger partial charge on any atom is 0.280 e. The van der Waals surface area contributed by atoms with Crippen molar-refractivity contribution in [1.82, 2.24) is 10.3 Å². The third-order valence-corrected chi connectivity index (χ3v) is 3.59. The topological polar surface area (TPSA) is 42.0 Å². The second kappa shape index (κ2) is 3.75. The van der Waals surface area contributed by atoms with Gasteiger partial charge >= 0.3 is 0 Å². The monoisotopic (exact) mass is 260 g/mol. The summed E-state index contributed by atoms with van der Waals surface area (Å²) >= 11 is 4.64. The van der Waals surface area contributed by atoms with Gasteiger partial charge in [0.1, 0.15) is 0 Å². The van der Waals surface area contributed by atoms with Gasteiger partial charge in [0.25, 0.3) is 5.91 Å². The number of hydrogen-bond donors (Lipinski definition) is 1. The number of nitrogens with one attached hydrogen (secondary N) is 1. The van der Waals surface area contributed by atoms with Gasteiger partial charge in [0.2, 0.25) is 0 Å². The van der Waals surface area contributed by atoms with E-state index in [1.807, 2.05) is 0 Å². The minimum absolute atomic E-state index is 0.0413. The van der Waals surface area contributed by atoms with E-state index in [1.54, 1.807) is 6.20 Å². The van der Waals surface area contributed by atoms with E-state index in [0.29, 0.717) is 11.0 Å². The molecule has 1 fully saturated rings. The van der Waals surface area contributed by atoms with Crippen LogP contribution in [0.5, 0.6) is 0 Å². The first-order valence-corrected chi connectivity index (χ1v) is 5.79. The molecule has 3 nitrogen and oxygen atoms in total. The Morgan fingerprint density at radius 3 is 2.92 bits per heavy atom. The quantitative estimate of drug-likeness (QED) is 0.886. The lowest BCUT2D eigenvalue weighted by atomic mass is 9.93. The summed E-state index contributed by atoms with van der Waals surface area (Å²) in [5.74, 6) is -0.0413. The number of thiazole rings is 1. The van der Waals surface area contributed by atoms with E-state index in [4.69, 9.17) is 0 Å². The van der Waals surface area contributed by atoms with E-state index in [-0.39, 0.29) is 5.91 Å². The summed E-state index contributed by atoms with van der Waals surface area (Å²) < 4.78 is 0.895. The number of hydrogen-bond acceptors (Lipinski definition) is 3. The lowest BCUT2D eigenvalue weighted by Crippen LogP contribution is -2.39. The van der Waals surface area contributed by atoms with E-state index in [9.17, 15) is 4.79 Å². The summed E-state index contributed by atoms with van der Waals surface area (Å²) in [5, 5.41) is 3.47. The molecule has 5 heteroatoms. The van der Waals surface area contributed by atoms with E-state index >= 15 is 0 Å². The fourth-order valence-electron chi connectivity index (χ4n) is 1.16. The molecule has 2 rings (SSSR count). The van der Waals surface area contributed by atoms with Crippen molar-refractivity contribution in [1.29, 1.82) is 0 Å². The molecule has 0 saturated heterocycles. The van der Waals surface area contributed by atoms with Crippen LogP contribution in [0.1, 0.15) is 29.1 Å². The molecule has 0 spiro atoms. The molecule has 0 atom stereocenters. The highest BCUT2D eigenvalue weighted by Crippen LogP contribution is 2.21. The lowest BCUT2D eigenvalue weighted by molar-refractivity contribution is 0.0916. The second-order valence-corrected chi connectivity index (χ2v) is 5.48. The molecule has 1 saturated carbocycles. The van der Waals surface area contributed by atoms with Gasteiger partial charge in [-0.05, 0) is 35.2 Å². The van der Waals surface area contributed by atoms with Gasteiger partial charge in [-0.1, -0.05) is 0 Å². The minimum Gasteiger partial charge on any atom is -0.347 e. The van der Waals surface area contributed by atoms with Crippen molar-refractivity contribution in [3.05, 3.63) is 15.0 Å².